The van der Waals surface area contributed by atoms with Crippen LogP contribution in [0.5, 0.6) is 0 Å². The second-order valence-corrected chi connectivity index (χ2v) is 8.73. The van der Waals surface area contributed by atoms with E-state index in [1.807, 2.05) is 38.2 Å². The van der Waals surface area contributed by atoms with Crippen LogP contribution in [0, 0.1) is 13.8 Å². The van der Waals surface area contributed by atoms with E-state index in [4.69, 9.17) is 0 Å². The van der Waals surface area contributed by atoms with Crippen LogP contribution < -0.4 is 4.90 Å². The van der Waals surface area contributed by atoms with Crippen molar-refractivity contribution in [2.75, 3.05) is 31.1 Å². The highest BCUT2D eigenvalue weighted by molar-refractivity contribution is 7.89. The normalized spacial score (nSPS) is 15.7. The van der Waals surface area contributed by atoms with Gasteiger partial charge in [-0.15, -0.1) is 0 Å². The van der Waals surface area contributed by atoms with Gasteiger partial charge in [-0.25, -0.2) is 23.1 Å². The van der Waals surface area contributed by atoms with Gasteiger partial charge in [-0.3, -0.25) is 0 Å². The molecule has 0 N–H and O–H groups in total. The molecule has 0 spiro atoms. The zero-order valence-electron chi connectivity index (χ0n) is 15.9. The summed E-state index contributed by atoms with van der Waals surface area (Å²) in [4.78, 5) is 11.4. The van der Waals surface area contributed by atoms with Crippen LogP contribution >= 0.6 is 0 Å². The molecule has 0 atom stereocenters. The Hall–Kier alpha value is -2.78. The lowest BCUT2D eigenvalue weighted by molar-refractivity contribution is 0.383. The fraction of sp³-hybridized carbons (Fsp3) is 0.316. The molecular formula is C19H22N6O2S. The van der Waals surface area contributed by atoms with Gasteiger partial charge in [-0.05, 0) is 37.6 Å². The van der Waals surface area contributed by atoms with E-state index >= 15 is 0 Å². The monoisotopic (exact) mass is 398 g/mol. The Morgan fingerprint density at radius 2 is 1.68 bits per heavy atom. The highest BCUT2D eigenvalue weighted by Crippen LogP contribution is 2.22. The predicted octanol–water partition coefficient (Wildman–Crippen LogP) is 1.79. The van der Waals surface area contributed by atoms with Gasteiger partial charge in [0.05, 0.1) is 4.90 Å². The number of rotatable bonds is 4. The first-order valence-electron chi connectivity index (χ1n) is 9.11. The largest absolute Gasteiger partial charge is 0.354 e. The Kier molecular flexibility index (Phi) is 4.86. The highest BCUT2D eigenvalue weighted by Gasteiger charge is 2.29. The highest BCUT2D eigenvalue weighted by atomic mass is 32.2. The number of aryl methyl sites for hydroxylation is 2. The standard InChI is InChI=1S/C19H22N6O2S/c1-15-5-3-6-17(13-15)28(26,27)24-11-9-23(10-12-24)18-14-19(22-16(2)21-18)25-8-4-7-20-25/h3-8,13-14H,9-12H2,1-2H3. The lowest BCUT2D eigenvalue weighted by Crippen LogP contribution is -2.49. The Morgan fingerprint density at radius 1 is 0.929 bits per heavy atom. The van der Waals surface area contributed by atoms with Crippen molar-refractivity contribution < 1.29 is 8.42 Å². The van der Waals surface area contributed by atoms with Gasteiger partial charge >= 0.3 is 0 Å². The van der Waals surface area contributed by atoms with Crippen molar-refractivity contribution >= 4 is 15.8 Å². The van der Waals surface area contributed by atoms with Gasteiger partial charge in [0.2, 0.25) is 10.0 Å². The second kappa shape index (κ2) is 7.33. The molecule has 0 aliphatic carbocycles. The van der Waals surface area contributed by atoms with Crippen molar-refractivity contribution in [3.05, 3.63) is 60.2 Å². The molecule has 0 radical (unpaired) electrons. The third-order valence-electron chi connectivity index (χ3n) is 4.74. The number of piperazine rings is 1. The number of nitrogens with zero attached hydrogens (tertiary/aromatic N) is 6. The van der Waals surface area contributed by atoms with Gasteiger partial charge in [0.15, 0.2) is 5.82 Å². The molecule has 1 aliphatic rings. The summed E-state index contributed by atoms with van der Waals surface area (Å²) in [6.07, 6.45) is 3.53. The third-order valence-corrected chi connectivity index (χ3v) is 6.63. The third kappa shape index (κ3) is 3.63. The van der Waals surface area contributed by atoms with Crippen molar-refractivity contribution in [3.63, 3.8) is 0 Å². The predicted molar refractivity (Wildman–Crippen MR) is 106 cm³/mol. The van der Waals surface area contributed by atoms with Gasteiger partial charge in [0.25, 0.3) is 0 Å². The fourth-order valence-corrected chi connectivity index (χ4v) is 4.83. The number of hydrogen-bond donors (Lipinski definition) is 0. The van der Waals surface area contributed by atoms with Crippen LogP contribution in [0.1, 0.15) is 11.4 Å². The Morgan fingerprint density at radius 3 is 2.36 bits per heavy atom. The summed E-state index contributed by atoms with van der Waals surface area (Å²) in [6, 6.07) is 10.8. The van der Waals surface area contributed by atoms with Gasteiger partial charge in [-0.2, -0.15) is 9.40 Å². The first-order chi connectivity index (χ1) is 13.4. The molecule has 8 nitrogen and oxygen atoms in total. The number of hydrogen-bond acceptors (Lipinski definition) is 6. The summed E-state index contributed by atoms with van der Waals surface area (Å²) in [5.74, 6) is 2.13. The quantitative estimate of drug-likeness (QED) is 0.666. The Labute approximate surface area is 164 Å². The van der Waals surface area contributed by atoms with E-state index in [2.05, 4.69) is 20.0 Å². The van der Waals surface area contributed by atoms with Crippen LogP contribution in [0.15, 0.2) is 53.7 Å². The molecule has 1 fully saturated rings. The molecule has 0 unspecified atom stereocenters. The summed E-state index contributed by atoms with van der Waals surface area (Å²) in [5.41, 5.74) is 0.933. The van der Waals surface area contributed by atoms with Gasteiger partial charge < -0.3 is 4.90 Å². The molecule has 146 valence electrons. The topological polar surface area (TPSA) is 84.2 Å². The zero-order valence-corrected chi connectivity index (χ0v) is 16.7. The SMILES string of the molecule is Cc1cccc(S(=O)(=O)N2CCN(c3cc(-n4cccn4)nc(C)n3)CC2)c1. The van der Waals surface area contributed by atoms with Crippen molar-refractivity contribution in [2.24, 2.45) is 0 Å². The van der Waals surface area contributed by atoms with E-state index in [1.165, 1.54) is 0 Å². The van der Waals surface area contributed by atoms with Crippen molar-refractivity contribution in [1.29, 1.82) is 0 Å². The van der Waals surface area contributed by atoms with Crippen LogP contribution in [0.2, 0.25) is 0 Å². The second-order valence-electron chi connectivity index (χ2n) is 6.79. The maximum Gasteiger partial charge on any atom is 0.243 e. The molecule has 1 saturated heterocycles. The minimum atomic E-state index is -3.48. The molecule has 0 amide bonds. The summed E-state index contributed by atoms with van der Waals surface area (Å²) in [5, 5.41) is 4.22. The number of aromatic nitrogens is 4. The van der Waals surface area contributed by atoms with Crippen molar-refractivity contribution in [1.82, 2.24) is 24.1 Å². The molecule has 9 heteroatoms. The van der Waals surface area contributed by atoms with Crippen LogP contribution in [0.4, 0.5) is 5.82 Å². The molecule has 1 aliphatic heterocycles. The van der Waals surface area contributed by atoms with Gasteiger partial charge in [0, 0.05) is 44.6 Å². The lowest BCUT2D eigenvalue weighted by atomic mass is 10.2. The summed E-state index contributed by atoms with van der Waals surface area (Å²) in [6.45, 7) is 5.70. The van der Waals surface area contributed by atoms with E-state index in [1.54, 1.807) is 33.4 Å². The maximum absolute atomic E-state index is 12.9. The molecule has 2 aromatic heterocycles. The van der Waals surface area contributed by atoms with E-state index in [0.29, 0.717) is 42.7 Å². The molecule has 28 heavy (non-hydrogen) atoms. The molecule has 0 saturated carbocycles. The maximum atomic E-state index is 12.9. The minimum Gasteiger partial charge on any atom is -0.354 e. The summed E-state index contributed by atoms with van der Waals surface area (Å²) >= 11 is 0. The van der Waals surface area contributed by atoms with Crippen LogP contribution in [-0.4, -0.2) is 58.7 Å². The van der Waals surface area contributed by atoms with E-state index in [0.717, 1.165) is 11.4 Å². The smallest absolute Gasteiger partial charge is 0.243 e. The molecule has 1 aromatic carbocycles. The Balaban J connectivity index is 1.52. The first kappa shape index (κ1) is 18.6. The van der Waals surface area contributed by atoms with Crippen LogP contribution in [0.3, 0.4) is 0 Å². The van der Waals surface area contributed by atoms with Gasteiger partial charge in [-0.1, -0.05) is 12.1 Å². The van der Waals surface area contributed by atoms with Crippen LogP contribution in [0.25, 0.3) is 5.82 Å². The molecule has 3 aromatic rings. The molecule has 0 bridgehead atoms. The summed E-state index contributed by atoms with van der Waals surface area (Å²) in [7, 11) is -3.48. The Bertz CT molecular complexity index is 1070. The van der Waals surface area contributed by atoms with Crippen LogP contribution in [-0.2, 0) is 10.0 Å². The first-order valence-corrected chi connectivity index (χ1v) is 10.5. The minimum absolute atomic E-state index is 0.347. The lowest BCUT2D eigenvalue weighted by Gasteiger charge is -2.34. The van der Waals surface area contributed by atoms with Gasteiger partial charge in [0.1, 0.15) is 11.6 Å². The van der Waals surface area contributed by atoms with E-state index in [-0.39, 0.29) is 0 Å². The molecule has 4 rings (SSSR count). The number of sulfonamides is 1. The average Bonchev–Trinajstić information content (AvgIpc) is 3.22. The van der Waals surface area contributed by atoms with E-state index in [9.17, 15) is 8.42 Å². The number of anilines is 1. The fourth-order valence-electron chi connectivity index (χ4n) is 3.30. The van der Waals surface area contributed by atoms with Crippen molar-refractivity contribution in [3.8, 4) is 5.82 Å². The molecular weight excluding hydrogens is 376 g/mol. The number of benzene rings is 1. The average molecular weight is 398 g/mol. The van der Waals surface area contributed by atoms with E-state index < -0.39 is 10.0 Å². The summed E-state index contributed by atoms with van der Waals surface area (Å²) < 4.78 is 29.1. The zero-order chi connectivity index (χ0) is 19.7. The molecule has 3 heterocycles. The van der Waals surface area contributed by atoms with Crippen molar-refractivity contribution in [2.45, 2.75) is 18.7 Å².